The van der Waals surface area contributed by atoms with E-state index in [0.29, 0.717) is 17.8 Å². The second-order valence-electron chi connectivity index (χ2n) is 3.56. The molecule has 18 heavy (non-hydrogen) atoms. The normalized spacial score (nSPS) is 10.3. The first-order valence-corrected chi connectivity index (χ1v) is 5.22. The van der Waals surface area contributed by atoms with E-state index in [1.165, 1.54) is 11.8 Å². The van der Waals surface area contributed by atoms with E-state index in [1.807, 2.05) is 6.07 Å². The van der Waals surface area contributed by atoms with E-state index in [0.717, 1.165) is 5.69 Å². The van der Waals surface area contributed by atoms with Crippen LogP contribution >= 0.6 is 0 Å². The van der Waals surface area contributed by atoms with E-state index in [2.05, 4.69) is 25.2 Å². The third kappa shape index (κ3) is 2.90. The molecule has 0 N–H and O–H groups in total. The summed E-state index contributed by atoms with van der Waals surface area (Å²) in [6, 6.07) is 5.31. The van der Waals surface area contributed by atoms with Gasteiger partial charge in [0.05, 0.1) is 13.5 Å². The number of esters is 1. The minimum atomic E-state index is -0.413. The Labute approximate surface area is 105 Å². The van der Waals surface area contributed by atoms with Gasteiger partial charge < -0.3 is 4.74 Å². The van der Waals surface area contributed by atoms with Crippen LogP contribution in [0.4, 0.5) is 0 Å². The SMILES string of the molecule is [B]c1cccc(Cc2nnnn2CC(=O)OC)n1. The lowest BCUT2D eigenvalue weighted by Gasteiger charge is -2.03. The second-order valence-corrected chi connectivity index (χ2v) is 3.56. The molecule has 8 heteroatoms. The zero-order chi connectivity index (χ0) is 13.0. The van der Waals surface area contributed by atoms with Gasteiger partial charge in [-0.2, -0.15) is 0 Å². The number of ether oxygens (including phenoxy) is 1. The molecular formula is C10H10BN5O2. The van der Waals surface area contributed by atoms with Gasteiger partial charge >= 0.3 is 5.97 Å². The van der Waals surface area contributed by atoms with Gasteiger partial charge in [-0.25, -0.2) is 4.68 Å². The summed E-state index contributed by atoms with van der Waals surface area (Å²) >= 11 is 0. The van der Waals surface area contributed by atoms with E-state index in [4.69, 9.17) is 7.85 Å². The van der Waals surface area contributed by atoms with E-state index in [-0.39, 0.29) is 6.54 Å². The van der Waals surface area contributed by atoms with Crippen LogP contribution in [-0.2, 0) is 22.5 Å². The van der Waals surface area contributed by atoms with Gasteiger partial charge in [0.1, 0.15) is 14.4 Å². The number of aromatic nitrogens is 5. The highest BCUT2D eigenvalue weighted by Gasteiger charge is 2.11. The lowest BCUT2D eigenvalue weighted by Crippen LogP contribution is -2.17. The van der Waals surface area contributed by atoms with Crippen molar-refractivity contribution < 1.29 is 9.53 Å². The Morgan fingerprint density at radius 2 is 2.33 bits per heavy atom. The number of carbonyl (C=O) groups is 1. The molecule has 0 aromatic carbocycles. The molecule has 0 unspecified atom stereocenters. The standard InChI is InChI=1S/C10H10BN5O2/c1-18-10(17)6-16-9(13-14-15-16)5-7-3-2-4-8(11)12-7/h2-4H,5-6H2,1H3. The molecule has 0 atom stereocenters. The molecule has 2 aromatic heterocycles. The number of carbonyl (C=O) groups excluding carboxylic acids is 1. The minimum absolute atomic E-state index is 0.0266. The molecule has 2 aromatic rings. The Hall–Kier alpha value is -2.25. The van der Waals surface area contributed by atoms with Crippen molar-refractivity contribution in [1.82, 2.24) is 25.2 Å². The zero-order valence-corrected chi connectivity index (χ0v) is 9.78. The van der Waals surface area contributed by atoms with Crippen molar-refractivity contribution >= 4 is 19.4 Å². The monoisotopic (exact) mass is 243 g/mol. The Morgan fingerprint density at radius 1 is 1.50 bits per heavy atom. The van der Waals surface area contributed by atoms with Gasteiger partial charge in [0.15, 0.2) is 5.82 Å². The first-order chi connectivity index (χ1) is 8.69. The molecule has 0 bridgehead atoms. The van der Waals surface area contributed by atoms with E-state index < -0.39 is 5.97 Å². The molecule has 0 spiro atoms. The van der Waals surface area contributed by atoms with Crippen molar-refractivity contribution in [3.8, 4) is 0 Å². The highest BCUT2D eigenvalue weighted by atomic mass is 16.5. The lowest BCUT2D eigenvalue weighted by molar-refractivity contribution is -0.141. The highest BCUT2D eigenvalue weighted by Crippen LogP contribution is 2.02. The van der Waals surface area contributed by atoms with Crippen molar-refractivity contribution in [2.45, 2.75) is 13.0 Å². The summed E-state index contributed by atoms with van der Waals surface area (Å²) in [5.41, 5.74) is 1.16. The van der Waals surface area contributed by atoms with Crippen LogP contribution in [0, 0.1) is 0 Å². The maximum Gasteiger partial charge on any atom is 0.327 e. The molecule has 90 valence electrons. The summed E-state index contributed by atoms with van der Waals surface area (Å²) in [6.07, 6.45) is 0.398. The summed E-state index contributed by atoms with van der Waals surface area (Å²) < 4.78 is 5.93. The first-order valence-electron chi connectivity index (χ1n) is 5.22. The van der Waals surface area contributed by atoms with Crippen LogP contribution in [0.2, 0.25) is 0 Å². The zero-order valence-electron chi connectivity index (χ0n) is 9.78. The van der Waals surface area contributed by atoms with E-state index in [1.54, 1.807) is 12.1 Å². The van der Waals surface area contributed by atoms with Crippen LogP contribution in [-0.4, -0.2) is 46.1 Å². The van der Waals surface area contributed by atoms with Crippen LogP contribution in [0.5, 0.6) is 0 Å². The fraction of sp³-hybridized carbons (Fsp3) is 0.300. The Kier molecular flexibility index (Phi) is 3.66. The van der Waals surface area contributed by atoms with Gasteiger partial charge in [-0.05, 0) is 22.1 Å². The number of hydrogen-bond donors (Lipinski definition) is 0. The number of tetrazole rings is 1. The molecule has 0 saturated carbocycles. The molecule has 0 aliphatic rings. The molecule has 0 amide bonds. The van der Waals surface area contributed by atoms with Crippen LogP contribution in [0.3, 0.4) is 0 Å². The van der Waals surface area contributed by atoms with Gasteiger partial charge in [0, 0.05) is 5.69 Å². The number of pyridine rings is 1. The summed E-state index contributed by atoms with van der Waals surface area (Å²) in [5, 5.41) is 11.1. The maximum atomic E-state index is 11.2. The van der Waals surface area contributed by atoms with Gasteiger partial charge in [0.25, 0.3) is 0 Å². The van der Waals surface area contributed by atoms with Crippen molar-refractivity contribution in [1.29, 1.82) is 0 Å². The van der Waals surface area contributed by atoms with Gasteiger partial charge in [0.2, 0.25) is 0 Å². The molecule has 7 nitrogen and oxygen atoms in total. The van der Waals surface area contributed by atoms with E-state index in [9.17, 15) is 4.79 Å². The number of methoxy groups -OCH3 is 1. The fourth-order valence-corrected chi connectivity index (χ4v) is 1.42. The average Bonchev–Trinajstić information content (AvgIpc) is 2.76. The smallest absolute Gasteiger partial charge is 0.327 e. The van der Waals surface area contributed by atoms with Crippen LogP contribution < -0.4 is 5.59 Å². The molecule has 0 saturated heterocycles. The van der Waals surface area contributed by atoms with Gasteiger partial charge in [-0.1, -0.05) is 12.1 Å². The van der Waals surface area contributed by atoms with Crippen molar-refractivity contribution in [2.24, 2.45) is 0 Å². The minimum Gasteiger partial charge on any atom is -0.468 e. The molecule has 2 radical (unpaired) electrons. The third-order valence-corrected chi connectivity index (χ3v) is 2.28. The second kappa shape index (κ2) is 5.39. The molecule has 0 fully saturated rings. The Bertz CT molecular complexity index is 557. The molecular weight excluding hydrogens is 233 g/mol. The largest absolute Gasteiger partial charge is 0.468 e. The Balaban J connectivity index is 2.15. The quantitative estimate of drug-likeness (QED) is 0.486. The predicted octanol–water partition coefficient (Wildman–Crippen LogP) is -1.37. The Morgan fingerprint density at radius 3 is 3.06 bits per heavy atom. The third-order valence-electron chi connectivity index (χ3n) is 2.28. The maximum absolute atomic E-state index is 11.2. The molecule has 0 aliphatic carbocycles. The van der Waals surface area contributed by atoms with Crippen molar-refractivity contribution in [2.75, 3.05) is 7.11 Å². The molecule has 2 heterocycles. The molecule has 2 rings (SSSR count). The summed E-state index contributed by atoms with van der Waals surface area (Å²) in [5.74, 6) is 0.114. The summed E-state index contributed by atoms with van der Waals surface area (Å²) in [6.45, 7) is -0.0266. The van der Waals surface area contributed by atoms with E-state index >= 15 is 0 Å². The van der Waals surface area contributed by atoms with Gasteiger partial charge in [-0.15, -0.1) is 5.10 Å². The number of rotatable bonds is 4. The molecule has 0 aliphatic heterocycles. The van der Waals surface area contributed by atoms with Crippen molar-refractivity contribution in [3.05, 3.63) is 29.7 Å². The number of nitrogens with zero attached hydrogens (tertiary/aromatic N) is 5. The van der Waals surface area contributed by atoms with Gasteiger partial charge in [-0.3, -0.25) is 9.78 Å². The lowest BCUT2D eigenvalue weighted by atomic mass is 10.0. The fourth-order valence-electron chi connectivity index (χ4n) is 1.42. The topological polar surface area (TPSA) is 82.8 Å². The average molecular weight is 243 g/mol. The van der Waals surface area contributed by atoms with Crippen molar-refractivity contribution in [3.63, 3.8) is 0 Å². The highest BCUT2D eigenvalue weighted by molar-refractivity contribution is 6.30. The van der Waals surface area contributed by atoms with Crippen LogP contribution in [0.1, 0.15) is 11.5 Å². The van der Waals surface area contributed by atoms with Crippen LogP contribution in [0.25, 0.3) is 0 Å². The predicted molar refractivity (Wildman–Crippen MR) is 62.3 cm³/mol. The summed E-state index contributed by atoms with van der Waals surface area (Å²) in [4.78, 5) is 15.3. The first kappa shape index (κ1) is 12.2. The summed E-state index contributed by atoms with van der Waals surface area (Å²) in [7, 11) is 6.90. The number of hydrogen-bond acceptors (Lipinski definition) is 6. The van der Waals surface area contributed by atoms with Crippen LogP contribution in [0.15, 0.2) is 18.2 Å².